The molecule has 2 aromatic heterocycles. The Bertz CT molecular complexity index is 621. The third kappa shape index (κ3) is 2.93. The van der Waals surface area contributed by atoms with Crippen molar-refractivity contribution in [3.05, 3.63) is 30.1 Å². The molecule has 0 bridgehead atoms. The molecular formula is C16H21N3O2. The summed E-state index contributed by atoms with van der Waals surface area (Å²) in [5.41, 5.74) is 1.82. The second-order valence-electron chi connectivity index (χ2n) is 5.64. The van der Waals surface area contributed by atoms with E-state index in [1.807, 2.05) is 23.2 Å². The highest BCUT2D eigenvalue weighted by Crippen LogP contribution is 2.22. The summed E-state index contributed by atoms with van der Waals surface area (Å²) >= 11 is 0. The lowest BCUT2D eigenvalue weighted by molar-refractivity contribution is -0.134. The molecule has 1 aliphatic rings. The number of fused-ring (bicyclic) bond motifs is 1. The summed E-state index contributed by atoms with van der Waals surface area (Å²) in [4.78, 5) is 21.9. The number of nitrogens with one attached hydrogen (secondary N) is 1. The summed E-state index contributed by atoms with van der Waals surface area (Å²) < 4.78 is 0. The van der Waals surface area contributed by atoms with Crippen molar-refractivity contribution in [2.24, 2.45) is 0 Å². The molecule has 5 heteroatoms. The number of H-pyrrole nitrogens is 1. The van der Waals surface area contributed by atoms with Crippen LogP contribution in [0.2, 0.25) is 0 Å². The van der Waals surface area contributed by atoms with Crippen LogP contribution in [0.5, 0.6) is 0 Å². The van der Waals surface area contributed by atoms with E-state index in [-0.39, 0.29) is 18.6 Å². The van der Waals surface area contributed by atoms with Gasteiger partial charge in [-0.05, 0) is 43.4 Å². The van der Waals surface area contributed by atoms with Crippen LogP contribution < -0.4 is 0 Å². The molecule has 0 aromatic carbocycles. The number of pyridine rings is 1. The molecule has 2 aromatic rings. The predicted octanol–water partition coefficient (Wildman–Crippen LogP) is 1.87. The first kappa shape index (κ1) is 14.1. The first-order valence-electron chi connectivity index (χ1n) is 7.61. The molecular weight excluding hydrogens is 266 g/mol. The van der Waals surface area contributed by atoms with E-state index in [0.717, 1.165) is 42.4 Å². The number of amides is 1. The van der Waals surface area contributed by atoms with E-state index in [9.17, 15) is 4.79 Å². The number of rotatable bonds is 4. The van der Waals surface area contributed by atoms with Crippen molar-refractivity contribution in [3.63, 3.8) is 0 Å². The van der Waals surface area contributed by atoms with Gasteiger partial charge >= 0.3 is 0 Å². The zero-order valence-electron chi connectivity index (χ0n) is 12.1. The SMILES string of the molecule is O=C(Cc1c[nH]c2ncccc12)N1CCCCC1CCO. The normalized spacial score (nSPS) is 19.1. The summed E-state index contributed by atoms with van der Waals surface area (Å²) in [7, 11) is 0. The number of carbonyl (C=O) groups is 1. The summed E-state index contributed by atoms with van der Waals surface area (Å²) in [5.74, 6) is 0.151. The lowest BCUT2D eigenvalue weighted by Gasteiger charge is -2.35. The molecule has 2 N–H and O–H groups in total. The number of aromatic amines is 1. The number of nitrogens with zero attached hydrogens (tertiary/aromatic N) is 2. The van der Waals surface area contributed by atoms with E-state index in [1.165, 1.54) is 0 Å². The second kappa shape index (κ2) is 6.26. The predicted molar refractivity (Wildman–Crippen MR) is 80.9 cm³/mol. The molecule has 0 radical (unpaired) electrons. The molecule has 0 saturated carbocycles. The lowest BCUT2D eigenvalue weighted by atomic mass is 9.98. The smallest absolute Gasteiger partial charge is 0.227 e. The number of hydrogen-bond acceptors (Lipinski definition) is 3. The van der Waals surface area contributed by atoms with E-state index in [0.29, 0.717) is 12.8 Å². The number of aliphatic hydroxyl groups is 1. The van der Waals surface area contributed by atoms with Gasteiger partial charge < -0.3 is 15.0 Å². The number of hydrogen-bond donors (Lipinski definition) is 2. The van der Waals surface area contributed by atoms with E-state index >= 15 is 0 Å². The molecule has 0 spiro atoms. The molecule has 1 aliphatic heterocycles. The second-order valence-corrected chi connectivity index (χ2v) is 5.64. The Labute approximate surface area is 124 Å². The largest absolute Gasteiger partial charge is 0.396 e. The lowest BCUT2D eigenvalue weighted by Crippen LogP contribution is -2.44. The van der Waals surface area contributed by atoms with Crippen molar-refractivity contribution < 1.29 is 9.90 Å². The van der Waals surface area contributed by atoms with Gasteiger partial charge in [0.15, 0.2) is 0 Å². The minimum atomic E-state index is 0.144. The highest BCUT2D eigenvalue weighted by molar-refractivity contribution is 5.87. The first-order chi connectivity index (χ1) is 10.3. The van der Waals surface area contributed by atoms with Crippen LogP contribution in [0.4, 0.5) is 0 Å². The summed E-state index contributed by atoms with van der Waals surface area (Å²) in [6, 6.07) is 4.07. The molecule has 1 unspecified atom stereocenters. The molecule has 112 valence electrons. The topological polar surface area (TPSA) is 69.2 Å². The van der Waals surface area contributed by atoms with Crippen molar-refractivity contribution in [3.8, 4) is 0 Å². The van der Waals surface area contributed by atoms with Crippen LogP contribution in [-0.4, -0.2) is 45.1 Å². The zero-order chi connectivity index (χ0) is 14.7. The molecule has 1 fully saturated rings. The first-order valence-corrected chi connectivity index (χ1v) is 7.61. The summed E-state index contributed by atoms with van der Waals surface area (Å²) in [6.45, 7) is 0.954. The van der Waals surface area contributed by atoms with Crippen LogP contribution in [-0.2, 0) is 11.2 Å². The van der Waals surface area contributed by atoms with Crippen molar-refractivity contribution >= 4 is 16.9 Å². The molecule has 21 heavy (non-hydrogen) atoms. The molecule has 5 nitrogen and oxygen atoms in total. The van der Waals surface area contributed by atoms with Gasteiger partial charge in [0.1, 0.15) is 5.65 Å². The van der Waals surface area contributed by atoms with Gasteiger partial charge in [-0.15, -0.1) is 0 Å². The number of carbonyl (C=O) groups excluding carboxylic acids is 1. The van der Waals surface area contributed by atoms with Crippen LogP contribution in [0, 0.1) is 0 Å². The van der Waals surface area contributed by atoms with Gasteiger partial charge in [0.25, 0.3) is 0 Å². The third-order valence-corrected chi connectivity index (χ3v) is 4.29. The minimum Gasteiger partial charge on any atom is -0.396 e. The van der Waals surface area contributed by atoms with E-state index in [1.54, 1.807) is 6.20 Å². The van der Waals surface area contributed by atoms with Crippen LogP contribution in [0.15, 0.2) is 24.5 Å². The molecule has 3 heterocycles. The van der Waals surface area contributed by atoms with Gasteiger partial charge in [0.05, 0.1) is 6.42 Å². The van der Waals surface area contributed by atoms with Crippen molar-refractivity contribution in [2.45, 2.75) is 38.1 Å². The van der Waals surface area contributed by atoms with Gasteiger partial charge in [0.2, 0.25) is 5.91 Å². The van der Waals surface area contributed by atoms with E-state index in [2.05, 4.69) is 9.97 Å². The summed E-state index contributed by atoms with van der Waals surface area (Å²) in [5, 5.41) is 10.2. The Morgan fingerprint density at radius 2 is 2.38 bits per heavy atom. The molecule has 1 atom stereocenters. The van der Waals surface area contributed by atoms with E-state index < -0.39 is 0 Å². The Morgan fingerprint density at radius 3 is 3.24 bits per heavy atom. The fraction of sp³-hybridized carbons (Fsp3) is 0.500. The average molecular weight is 287 g/mol. The standard InChI is InChI=1S/C16H21N3O2/c20-9-6-13-4-1-2-8-19(13)15(21)10-12-11-18-16-14(12)5-3-7-17-16/h3,5,7,11,13,20H,1-2,4,6,8-10H2,(H,17,18). The van der Waals surface area contributed by atoms with Crippen molar-refractivity contribution in [1.29, 1.82) is 0 Å². The van der Waals surface area contributed by atoms with Gasteiger partial charge in [-0.1, -0.05) is 0 Å². The van der Waals surface area contributed by atoms with Gasteiger partial charge in [-0.25, -0.2) is 4.98 Å². The van der Waals surface area contributed by atoms with Gasteiger partial charge in [-0.2, -0.15) is 0 Å². The number of aliphatic hydroxyl groups excluding tert-OH is 1. The molecule has 0 aliphatic carbocycles. The summed E-state index contributed by atoms with van der Waals surface area (Å²) in [6.07, 6.45) is 7.90. The van der Waals surface area contributed by atoms with Crippen molar-refractivity contribution in [2.75, 3.05) is 13.2 Å². The number of piperidine rings is 1. The third-order valence-electron chi connectivity index (χ3n) is 4.29. The zero-order valence-corrected chi connectivity index (χ0v) is 12.1. The Balaban J connectivity index is 1.75. The van der Waals surface area contributed by atoms with Gasteiger partial charge in [-0.3, -0.25) is 4.79 Å². The van der Waals surface area contributed by atoms with Crippen LogP contribution in [0.3, 0.4) is 0 Å². The fourth-order valence-corrected chi connectivity index (χ4v) is 3.20. The van der Waals surface area contributed by atoms with Gasteiger partial charge in [0, 0.05) is 37.0 Å². The minimum absolute atomic E-state index is 0.144. The quantitative estimate of drug-likeness (QED) is 0.902. The monoisotopic (exact) mass is 287 g/mol. The number of likely N-dealkylation sites (tertiary alicyclic amines) is 1. The average Bonchev–Trinajstić information content (AvgIpc) is 2.91. The molecule has 1 amide bonds. The van der Waals surface area contributed by atoms with Crippen LogP contribution >= 0.6 is 0 Å². The molecule has 1 saturated heterocycles. The Hall–Kier alpha value is -1.88. The fourth-order valence-electron chi connectivity index (χ4n) is 3.20. The highest BCUT2D eigenvalue weighted by atomic mass is 16.3. The van der Waals surface area contributed by atoms with Crippen LogP contribution in [0.1, 0.15) is 31.2 Å². The Morgan fingerprint density at radius 1 is 1.48 bits per heavy atom. The maximum absolute atomic E-state index is 12.6. The Kier molecular flexibility index (Phi) is 4.20. The maximum atomic E-state index is 12.6. The number of aromatic nitrogens is 2. The highest BCUT2D eigenvalue weighted by Gasteiger charge is 2.26. The van der Waals surface area contributed by atoms with Crippen LogP contribution in [0.25, 0.3) is 11.0 Å². The maximum Gasteiger partial charge on any atom is 0.227 e. The van der Waals surface area contributed by atoms with E-state index in [4.69, 9.17) is 5.11 Å². The molecule has 3 rings (SSSR count). The van der Waals surface area contributed by atoms with Crippen molar-refractivity contribution in [1.82, 2.24) is 14.9 Å².